The Morgan fingerprint density at radius 1 is 1.28 bits per heavy atom. The Labute approximate surface area is 172 Å². The number of rotatable bonds is 6. The fraction of sp³-hybridized carbons (Fsp3) is 0.227. The third kappa shape index (κ3) is 4.14. The van der Waals surface area contributed by atoms with Gasteiger partial charge < -0.3 is 14.2 Å². The predicted octanol–water partition coefficient (Wildman–Crippen LogP) is 4.70. The molecule has 1 aliphatic heterocycles. The zero-order valence-corrected chi connectivity index (χ0v) is 17.0. The minimum absolute atomic E-state index is 0.233. The number of carbonyl (C=O) groups is 1. The molecule has 0 saturated heterocycles. The molecule has 29 heavy (non-hydrogen) atoms. The van der Waals surface area contributed by atoms with Gasteiger partial charge in [0.2, 0.25) is 6.79 Å². The van der Waals surface area contributed by atoms with Crippen LogP contribution in [0.3, 0.4) is 0 Å². The maximum atomic E-state index is 12.7. The number of ether oxygens (including phenoxy) is 3. The molecule has 0 N–H and O–H groups in total. The van der Waals surface area contributed by atoms with Gasteiger partial charge in [0.15, 0.2) is 11.5 Å². The Morgan fingerprint density at radius 2 is 2.14 bits per heavy atom. The third-order valence-electron chi connectivity index (χ3n) is 4.49. The summed E-state index contributed by atoms with van der Waals surface area (Å²) < 4.78 is 16.2. The van der Waals surface area contributed by atoms with Gasteiger partial charge in [-0.1, -0.05) is 12.1 Å². The van der Waals surface area contributed by atoms with E-state index in [-0.39, 0.29) is 12.8 Å². The van der Waals surface area contributed by atoms with Crippen LogP contribution in [0.2, 0.25) is 0 Å². The average Bonchev–Trinajstić information content (AvgIpc) is 3.31. The van der Waals surface area contributed by atoms with Crippen LogP contribution in [0.1, 0.15) is 39.0 Å². The van der Waals surface area contributed by atoms with E-state index >= 15 is 0 Å². The molecule has 148 valence electrons. The first kappa shape index (κ1) is 19.1. The van der Waals surface area contributed by atoms with Crippen molar-refractivity contribution in [3.63, 3.8) is 0 Å². The van der Waals surface area contributed by atoms with E-state index < -0.39 is 0 Å². The highest BCUT2D eigenvalue weighted by atomic mass is 32.1. The standard InChI is InChI=1S/C22H20N2O4S/c1-3-26-22(25)20-17(10-15-7-8-18-19(11-15)28-13-27-18)14(2)29-21(20)24-12-16-6-4-5-9-23-16/h4-9,11-12H,3,10,13H2,1-2H3. The van der Waals surface area contributed by atoms with E-state index in [9.17, 15) is 4.79 Å². The number of fused-ring (bicyclic) bond motifs is 1. The molecule has 0 bridgehead atoms. The van der Waals surface area contributed by atoms with Crippen LogP contribution in [0.5, 0.6) is 11.5 Å². The molecule has 7 heteroatoms. The van der Waals surface area contributed by atoms with Gasteiger partial charge in [-0.3, -0.25) is 4.98 Å². The Bertz CT molecular complexity index is 1060. The second kappa shape index (κ2) is 8.45. The summed E-state index contributed by atoms with van der Waals surface area (Å²) in [5, 5.41) is 0.627. The summed E-state index contributed by atoms with van der Waals surface area (Å²) in [5.41, 5.74) is 3.19. The van der Waals surface area contributed by atoms with E-state index in [2.05, 4.69) is 9.98 Å². The summed E-state index contributed by atoms with van der Waals surface area (Å²) in [6.45, 7) is 4.33. The fourth-order valence-electron chi connectivity index (χ4n) is 3.11. The Hall–Kier alpha value is -3.19. The lowest BCUT2D eigenvalue weighted by molar-refractivity contribution is 0.0527. The highest BCUT2D eigenvalue weighted by Gasteiger charge is 2.24. The smallest absolute Gasteiger partial charge is 0.341 e. The van der Waals surface area contributed by atoms with Crippen LogP contribution in [-0.2, 0) is 11.2 Å². The molecule has 0 amide bonds. The number of nitrogens with zero attached hydrogens (tertiary/aromatic N) is 2. The molecule has 2 aromatic heterocycles. The van der Waals surface area contributed by atoms with Gasteiger partial charge >= 0.3 is 5.97 Å². The van der Waals surface area contributed by atoms with Crippen LogP contribution in [0.4, 0.5) is 5.00 Å². The molecule has 0 fully saturated rings. The monoisotopic (exact) mass is 408 g/mol. The van der Waals surface area contributed by atoms with Crippen LogP contribution in [0.25, 0.3) is 0 Å². The molecule has 0 unspecified atom stereocenters. The van der Waals surface area contributed by atoms with Gasteiger partial charge in [-0.2, -0.15) is 0 Å². The lowest BCUT2D eigenvalue weighted by Crippen LogP contribution is -2.07. The van der Waals surface area contributed by atoms with Crippen molar-refractivity contribution in [2.45, 2.75) is 20.3 Å². The molecule has 0 spiro atoms. The van der Waals surface area contributed by atoms with Gasteiger partial charge in [-0.25, -0.2) is 9.79 Å². The minimum atomic E-state index is -0.360. The maximum absolute atomic E-state index is 12.7. The lowest BCUT2D eigenvalue weighted by Gasteiger charge is -2.07. The van der Waals surface area contributed by atoms with E-state index in [0.717, 1.165) is 33.2 Å². The second-order valence-electron chi connectivity index (χ2n) is 6.41. The van der Waals surface area contributed by atoms with Crippen LogP contribution < -0.4 is 9.47 Å². The van der Waals surface area contributed by atoms with E-state index in [1.54, 1.807) is 19.3 Å². The van der Waals surface area contributed by atoms with E-state index in [4.69, 9.17) is 14.2 Å². The zero-order chi connectivity index (χ0) is 20.2. The van der Waals surface area contributed by atoms with Crippen LogP contribution >= 0.6 is 11.3 Å². The number of hydrogen-bond acceptors (Lipinski definition) is 7. The van der Waals surface area contributed by atoms with Crippen LogP contribution in [-0.4, -0.2) is 30.6 Å². The number of pyridine rings is 1. The topological polar surface area (TPSA) is 70.0 Å². The van der Waals surface area contributed by atoms with Crippen molar-refractivity contribution in [3.8, 4) is 11.5 Å². The van der Waals surface area contributed by atoms with E-state index in [1.165, 1.54) is 11.3 Å². The molecule has 6 nitrogen and oxygen atoms in total. The molecule has 0 radical (unpaired) electrons. The zero-order valence-electron chi connectivity index (χ0n) is 16.2. The van der Waals surface area contributed by atoms with Crippen molar-refractivity contribution in [3.05, 3.63) is 69.9 Å². The van der Waals surface area contributed by atoms with Crippen molar-refractivity contribution < 1.29 is 19.0 Å². The first-order chi connectivity index (χ1) is 14.2. The highest BCUT2D eigenvalue weighted by Crippen LogP contribution is 2.39. The normalized spacial score (nSPS) is 12.5. The van der Waals surface area contributed by atoms with E-state index in [1.807, 2.05) is 43.3 Å². The largest absolute Gasteiger partial charge is 0.462 e. The van der Waals surface area contributed by atoms with Crippen LogP contribution in [0, 0.1) is 6.92 Å². The molecule has 4 rings (SSSR count). The summed E-state index contributed by atoms with van der Waals surface area (Å²) in [7, 11) is 0. The summed E-state index contributed by atoms with van der Waals surface area (Å²) in [4.78, 5) is 22.6. The van der Waals surface area contributed by atoms with Crippen molar-refractivity contribution in [2.75, 3.05) is 13.4 Å². The van der Waals surface area contributed by atoms with Crippen molar-refractivity contribution in [2.24, 2.45) is 4.99 Å². The SMILES string of the molecule is CCOC(=O)c1c(N=Cc2ccccn2)sc(C)c1Cc1ccc2c(c1)OCO2. The molecular weight excluding hydrogens is 388 g/mol. The lowest BCUT2D eigenvalue weighted by atomic mass is 10.0. The summed E-state index contributed by atoms with van der Waals surface area (Å²) in [6, 6.07) is 11.4. The highest BCUT2D eigenvalue weighted by molar-refractivity contribution is 7.16. The van der Waals surface area contributed by atoms with Crippen molar-refractivity contribution in [1.29, 1.82) is 0 Å². The Morgan fingerprint density at radius 3 is 2.93 bits per heavy atom. The summed E-state index contributed by atoms with van der Waals surface area (Å²) >= 11 is 1.48. The Kier molecular flexibility index (Phi) is 5.57. The number of aromatic nitrogens is 1. The van der Waals surface area contributed by atoms with Crippen molar-refractivity contribution in [1.82, 2.24) is 4.98 Å². The Balaban J connectivity index is 1.70. The first-order valence-corrected chi connectivity index (χ1v) is 10.1. The molecule has 3 heterocycles. The van der Waals surface area contributed by atoms with Gasteiger partial charge in [-0.15, -0.1) is 11.3 Å². The molecular formula is C22H20N2O4S. The number of carbonyl (C=O) groups excluding carboxylic acids is 1. The van der Waals surface area contributed by atoms with Crippen molar-refractivity contribution >= 4 is 28.5 Å². The van der Waals surface area contributed by atoms with Gasteiger partial charge in [0.1, 0.15) is 10.6 Å². The van der Waals surface area contributed by atoms with Gasteiger partial charge in [0, 0.05) is 11.1 Å². The molecule has 0 aliphatic carbocycles. The van der Waals surface area contributed by atoms with Crippen LogP contribution in [0.15, 0.2) is 47.6 Å². The van der Waals surface area contributed by atoms with Gasteiger partial charge in [0.05, 0.1) is 18.5 Å². The van der Waals surface area contributed by atoms with E-state index in [0.29, 0.717) is 23.6 Å². The van der Waals surface area contributed by atoms with Gasteiger partial charge in [0.25, 0.3) is 0 Å². The quantitative estimate of drug-likeness (QED) is 0.437. The molecule has 0 atom stereocenters. The molecule has 3 aromatic rings. The molecule has 0 saturated carbocycles. The second-order valence-corrected chi connectivity index (χ2v) is 7.62. The number of esters is 1. The minimum Gasteiger partial charge on any atom is -0.462 e. The number of thiophene rings is 1. The number of hydrogen-bond donors (Lipinski definition) is 0. The predicted molar refractivity (Wildman–Crippen MR) is 112 cm³/mol. The maximum Gasteiger partial charge on any atom is 0.341 e. The molecule has 1 aliphatic rings. The molecule has 1 aromatic carbocycles. The summed E-state index contributed by atoms with van der Waals surface area (Å²) in [5.74, 6) is 1.10. The third-order valence-corrected chi connectivity index (χ3v) is 5.55. The first-order valence-electron chi connectivity index (χ1n) is 9.28. The number of benzene rings is 1. The fourth-order valence-corrected chi connectivity index (χ4v) is 4.11. The number of aliphatic imine (C=N–C) groups is 1. The summed E-state index contributed by atoms with van der Waals surface area (Å²) in [6.07, 6.45) is 3.95. The average molecular weight is 408 g/mol. The van der Waals surface area contributed by atoms with Gasteiger partial charge in [-0.05, 0) is 55.7 Å². The number of aryl methyl sites for hydroxylation is 1.